The van der Waals surface area contributed by atoms with Crippen LogP contribution in [-0.2, 0) is 10.1 Å². The number of aromatic carboxylic acids is 1. The van der Waals surface area contributed by atoms with Gasteiger partial charge >= 0.3 is 42.8 Å². The Morgan fingerprint density at radius 2 is 1.59 bits per heavy atom. The molecule has 0 saturated heterocycles. The first kappa shape index (κ1) is 27.3. The van der Waals surface area contributed by atoms with Gasteiger partial charge in [-0.2, -0.15) is 0 Å². The summed E-state index contributed by atoms with van der Waals surface area (Å²) in [6.45, 7) is 10.1. The topological polar surface area (TPSA) is 102 Å². The minimum atomic E-state index is -4.85. The van der Waals surface area contributed by atoms with Gasteiger partial charge in [-0.15, -0.1) is 0 Å². The summed E-state index contributed by atoms with van der Waals surface area (Å²) in [6, 6.07) is 4.92. The van der Waals surface area contributed by atoms with Crippen molar-refractivity contribution in [2.45, 2.75) is 41.5 Å². The van der Waals surface area contributed by atoms with Crippen molar-refractivity contribution in [1.82, 2.24) is 4.48 Å². The van der Waals surface area contributed by atoms with Crippen LogP contribution in [0.3, 0.4) is 0 Å². The summed E-state index contributed by atoms with van der Waals surface area (Å²) in [7, 11) is -6.58. The quantitative estimate of drug-likeness (QED) is 0.360. The van der Waals surface area contributed by atoms with Crippen LogP contribution in [0.4, 0.5) is 4.32 Å². The fraction of sp³-hybridized carbons (Fsp3) is 0.273. The molecule has 2 aromatic rings. The van der Waals surface area contributed by atoms with Gasteiger partial charge in [-0.05, 0) is 75.1 Å². The summed E-state index contributed by atoms with van der Waals surface area (Å²) in [5.74, 6) is -1.06. The van der Waals surface area contributed by atoms with E-state index in [1.54, 1.807) is 20.8 Å². The van der Waals surface area contributed by atoms with Crippen LogP contribution in [0.25, 0.3) is 5.57 Å². The van der Waals surface area contributed by atoms with Crippen molar-refractivity contribution in [2.75, 3.05) is 0 Å². The van der Waals surface area contributed by atoms with E-state index in [2.05, 4.69) is 0 Å². The van der Waals surface area contributed by atoms with Crippen LogP contribution in [0.1, 0.15) is 57.8 Å². The number of hydrogen-bond donors (Lipinski definition) is 1. The molecule has 0 aliphatic carbocycles. The Kier molecular flexibility index (Phi) is 6.95. The summed E-state index contributed by atoms with van der Waals surface area (Å²) in [4.78, 5) is 11.1. The second kappa shape index (κ2) is 8.67. The fourth-order valence-electron chi connectivity index (χ4n) is 5.13. The molecule has 2 aliphatic heterocycles. The van der Waals surface area contributed by atoms with E-state index in [0.29, 0.717) is 39.3 Å². The van der Waals surface area contributed by atoms with Gasteiger partial charge < -0.3 is 9.66 Å². The van der Waals surface area contributed by atoms with E-state index in [0.717, 1.165) is 5.56 Å². The molecule has 12 heteroatoms. The maximum atomic E-state index is 15.9. The molecule has 0 atom stereocenters. The minimum absolute atomic E-state index is 0. The molecule has 7 nitrogen and oxygen atoms in total. The maximum Gasteiger partial charge on any atom is 1.00 e. The van der Waals surface area contributed by atoms with Gasteiger partial charge in [-0.25, -0.2) is 22.0 Å². The van der Waals surface area contributed by atoms with Crippen molar-refractivity contribution in [3.63, 3.8) is 0 Å². The van der Waals surface area contributed by atoms with E-state index in [-0.39, 0.29) is 46.4 Å². The number of rotatable bonds is 3. The third-order valence-corrected chi connectivity index (χ3v) is 7.33. The van der Waals surface area contributed by atoms with E-state index in [1.807, 2.05) is 13.0 Å². The van der Waals surface area contributed by atoms with Gasteiger partial charge in [0.15, 0.2) is 11.4 Å². The van der Waals surface area contributed by atoms with Gasteiger partial charge in [0.2, 0.25) is 0 Å². The number of hydrogen-bond acceptors (Lipinski definition) is 4. The van der Waals surface area contributed by atoms with Crippen LogP contribution in [-0.4, -0.2) is 46.0 Å². The van der Waals surface area contributed by atoms with Crippen LogP contribution in [0.15, 0.2) is 34.4 Å². The van der Waals surface area contributed by atoms with Crippen LogP contribution in [0.2, 0.25) is 0 Å². The first-order valence-electron chi connectivity index (χ1n) is 9.99. The molecule has 0 spiro atoms. The third-order valence-electron chi connectivity index (χ3n) is 6.23. The van der Waals surface area contributed by atoms with E-state index >= 15 is 4.32 Å². The molecule has 4 rings (SSSR count). The molecule has 0 saturated carbocycles. The molecule has 168 valence electrons. The van der Waals surface area contributed by atoms with Crippen LogP contribution in [0, 0.1) is 27.7 Å². The summed E-state index contributed by atoms with van der Waals surface area (Å²) in [5, 5.41) is 9.44. The van der Waals surface area contributed by atoms with Crippen molar-refractivity contribution in [3.8, 4) is 0 Å². The van der Waals surface area contributed by atoms with Crippen LogP contribution in [0.5, 0.6) is 0 Å². The van der Waals surface area contributed by atoms with Gasteiger partial charge in [0.05, 0.1) is 16.8 Å². The Hall–Kier alpha value is -2.98. The predicted octanol–water partition coefficient (Wildman–Crippen LogP) is 0.306. The summed E-state index contributed by atoms with van der Waals surface area (Å²) >= 11 is 0. The molecular formula is C22H22BFN2NaO5RfS+. The average molecular weight is 746 g/mol. The van der Waals surface area contributed by atoms with Crippen molar-refractivity contribution in [1.29, 1.82) is 0 Å². The molecule has 0 amide bonds. The summed E-state index contributed by atoms with van der Waals surface area (Å²) in [5.41, 5.74) is 5.21. The number of aryl methyl sites for hydroxylation is 4. The van der Waals surface area contributed by atoms with Crippen molar-refractivity contribution in [2.24, 2.45) is 0 Å². The Morgan fingerprint density at radius 1 is 1.06 bits per heavy atom. The van der Waals surface area contributed by atoms with Gasteiger partial charge in [-0.1, -0.05) is 0 Å². The van der Waals surface area contributed by atoms with Gasteiger partial charge in [0.25, 0.3) is 0 Å². The average Bonchev–Trinajstić information content (AvgIpc) is 3.10. The number of halogens is 1. The summed E-state index contributed by atoms with van der Waals surface area (Å²) in [6.07, 6.45) is 0. The Morgan fingerprint density at radius 3 is 2.06 bits per heavy atom. The Bertz CT molecular complexity index is 1440. The zero-order valence-electron chi connectivity index (χ0n) is 20.3. The number of carboxylic acids is 1. The van der Waals surface area contributed by atoms with Crippen LogP contribution < -0.4 is 29.6 Å². The smallest absolute Gasteiger partial charge is 0.744 e. The van der Waals surface area contributed by atoms with Crippen LogP contribution >= 0.6 is 0 Å². The second-order valence-electron chi connectivity index (χ2n) is 8.38. The number of nitrogens with zero attached hydrogens (tertiary/aromatic N) is 2. The maximum absolute atomic E-state index is 15.9. The van der Waals surface area contributed by atoms with Gasteiger partial charge in [0, 0.05) is 18.2 Å². The first-order valence-corrected chi connectivity index (χ1v) is 11.4. The molecule has 0 fully saturated rings. The molecule has 1 aromatic heterocycles. The molecule has 0 radical (unpaired) electrons. The third kappa shape index (κ3) is 3.65. The molecule has 1 N–H and O–H groups in total. The molecule has 34 heavy (non-hydrogen) atoms. The SMILES string of the molecule is CC1=C(S(=O)(=O)[O-])C(C)=[N+]2B(F)n3c(C)cc(C)c3C(c3c(C)cc(C(=O)O)cc3C)=C12.[Na+].[Rf]. The molecular weight excluding hydrogens is 724 g/mol. The second-order valence-corrected chi connectivity index (χ2v) is 9.69. The van der Waals surface area contributed by atoms with Gasteiger partial charge in [0.1, 0.15) is 15.0 Å². The molecule has 3 heterocycles. The molecule has 2 aliphatic rings. The number of aromatic nitrogens is 1. The number of allylic oxidation sites excluding steroid dienone is 2. The Labute approximate surface area is 214 Å². The standard InChI is InChI=1S/C22H22BFN2O5S.Na.Rf/c1-10-8-16(22(27)28)9-11(2)17(10)18-19-12(3)7-13(4)25(19)23(24)26-15(6)21(32(29,30)31)14(5)20(18)26;;/h7-9H,1-6H3,(H-,27,28,29,30,31);;/q;+1;. The predicted molar refractivity (Wildman–Crippen MR) is 118 cm³/mol. The number of benzene rings is 1. The van der Waals surface area contributed by atoms with E-state index in [4.69, 9.17) is 0 Å². The van der Waals surface area contributed by atoms with Gasteiger partial charge in [-0.3, -0.25) is 4.48 Å². The van der Waals surface area contributed by atoms with E-state index in [1.165, 1.54) is 34.9 Å². The number of carboxylic acid groups (broad SMARTS) is 1. The molecule has 0 unspecified atom stereocenters. The number of fused-ring (bicyclic) bond motifs is 2. The molecule has 1 aromatic carbocycles. The zero-order valence-corrected chi connectivity index (χ0v) is 29.5. The zero-order chi connectivity index (χ0) is 23.9. The normalized spacial score (nSPS) is 15.2. The monoisotopic (exact) mass is 746 g/mol. The first-order chi connectivity index (χ1) is 14.8. The summed E-state index contributed by atoms with van der Waals surface area (Å²) < 4.78 is 54.8. The van der Waals surface area contributed by atoms with E-state index in [9.17, 15) is 22.9 Å². The molecule has 0 bridgehead atoms. The number of carbonyl (C=O) groups is 1. The van der Waals surface area contributed by atoms with Crippen molar-refractivity contribution in [3.05, 3.63) is 73.6 Å². The van der Waals surface area contributed by atoms with E-state index < -0.39 is 28.3 Å². The minimum Gasteiger partial charge on any atom is -0.744 e. The fourth-order valence-corrected chi connectivity index (χ4v) is 6.07. The van der Waals surface area contributed by atoms with Crippen molar-refractivity contribution >= 4 is 34.6 Å². The van der Waals surface area contributed by atoms with Crippen molar-refractivity contribution < 1.29 is 61.2 Å². The largest absolute Gasteiger partial charge is 1.00 e. The Balaban J connectivity index is 0.00000204.